The van der Waals surface area contributed by atoms with E-state index in [0.29, 0.717) is 26.9 Å². The average molecular weight is 558 g/mol. The number of benzene rings is 4. The molecule has 0 aromatic heterocycles. The van der Waals surface area contributed by atoms with Gasteiger partial charge in [0, 0.05) is 16.3 Å². The summed E-state index contributed by atoms with van der Waals surface area (Å²) in [4.78, 5) is 41.6. The second kappa shape index (κ2) is 11.1. The van der Waals surface area contributed by atoms with Gasteiger partial charge >= 0.3 is 0 Å². The van der Waals surface area contributed by atoms with E-state index >= 15 is 0 Å². The standard InChI is InChI=1S/C30H21ClFN3O3S/c1-18-9-13-20(14-10-18)33-26-27(30(38)35(29(26)37)22-15-11-19(32)12-16-22)39-23-6-4-5-21(17-23)34-28(36)24-7-2-3-8-25(24)31/h2-17,33H,1H3,(H,34,36). The fourth-order valence-electron chi connectivity index (χ4n) is 3.92. The Labute approximate surface area is 233 Å². The highest BCUT2D eigenvalue weighted by atomic mass is 35.5. The molecule has 0 aliphatic carbocycles. The van der Waals surface area contributed by atoms with Crippen molar-refractivity contribution < 1.29 is 18.8 Å². The quantitative estimate of drug-likeness (QED) is 0.239. The first kappa shape index (κ1) is 26.2. The zero-order valence-electron chi connectivity index (χ0n) is 20.6. The maximum atomic E-state index is 13.6. The zero-order chi connectivity index (χ0) is 27.5. The molecular weight excluding hydrogens is 537 g/mol. The van der Waals surface area contributed by atoms with Crippen LogP contribution in [0.5, 0.6) is 0 Å². The summed E-state index contributed by atoms with van der Waals surface area (Å²) < 4.78 is 13.5. The van der Waals surface area contributed by atoms with Crippen LogP contribution in [0.1, 0.15) is 15.9 Å². The van der Waals surface area contributed by atoms with E-state index in [1.807, 2.05) is 31.2 Å². The Morgan fingerprint density at radius 1 is 0.846 bits per heavy atom. The van der Waals surface area contributed by atoms with Crippen LogP contribution < -0.4 is 15.5 Å². The SMILES string of the molecule is Cc1ccc(NC2=C(Sc3cccc(NC(=O)c4ccccc4Cl)c3)C(=O)N(c3ccc(F)cc3)C2=O)cc1. The van der Waals surface area contributed by atoms with Gasteiger partial charge in [0.15, 0.2) is 0 Å². The maximum absolute atomic E-state index is 13.6. The van der Waals surface area contributed by atoms with Crippen molar-refractivity contribution in [1.82, 2.24) is 0 Å². The third-order valence-corrected chi connectivity index (χ3v) is 7.28. The lowest BCUT2D eigenvalue weighted by atomic mass is 10.2. The number of amides is 3. The van der Waals surface area contributed by atoms with E-state index in [-0.39, 0.29) is 22.2 Å². The van der Waals surface area contributed by atoms with Crippen LogP contribution in [0, 0.1) is 12.7 Å². The van der Waals surface area contributed by atoms with Gasteiger partial charge in [-0.3, -0.25) is 14.4 Å². The molecule has 0 saturated carbocycles. The fourth-order valence-corrected chi connectivity index (χ4v) is 5.13. The van der Waals surface area contributed by atoms with Gasteiger partial charge in [-0.25, -0.2) is 9.29 Å². The normalized spacial score (nSPS) is 13.2. The molecule has 6 nitrogen and oxygen atoms in total. The lowest BCUT2D eigenvalue weighted by molar-refractivity contribution is -0.120. The smallest absolute Gasteiger partial charge is 0.283 e. The van der Waals surface area contributed by atoms with Crippen molar-refractivity contribution in [3.05, 3.63) is 130 Å². The van der Waals surface area contributed by atoms with Gasteiger partial charge in [-0.2, -0.15) is 0 Å². The minimum absolute atomic E-state index is 0.101. The molecule has 39 heavy (non-hydrogen) atoms. The Morgan fingerprint density at radius 2 is 1.56 bits per heavy atom. The zero-order valence-corrected chi connectivity index (χ0v) is 22.1. The number of carbonyl (C=O) groups is 3. The Hall–Kier alpha value is -4.40. The Balaban J connectivity index is 1.46. The van der Waals surface area contributed by atoms with Crippen LogP contribution in [0.3, 0.4) is 0 Å². The minimum atomic E-state index is -0.558. The second-order valence-corrected chi connectivity index (χ2v) is 10.2. The van der Waals surface area contributed by atoms with Gasteiger partial charge in [0.05, 0.1) is 16.3 Å². The number of hydrogen-bond donors (Lipinski definition) is 2. The summed E-state index contributed by atoms with van der Waals surface area (Å²) in [5.74, 6) is -1.96. The van der Waals surface area contributed by atoms with Crippen molar-refractivity contribution in [2.45, 2.75) is 11.8 Å². The van der Waals surface area contributed by atoms with Crippen molar-refractivity contribution in [1.29, 1.82) is 0 Å². The summed E-state index contributed by atoms with van der Waals surface area (Å²) in [5, 5.41) is 6.23. The Bertz CT molecular complexity index is 1620. The van der Waals surface area contributed by atoms with Crippen LogP contribution in [0.25, 0.3) is 0 Å². The van der Waals surface area contributed by atoms with Gasteiger partial charge in [-0.05, 0) is 73.7 Å². The summed E-state index contributed by atoms with van der Waals surface area (Å²) in [6, 6.07) is 26.2. The van der Waals surface area contributed by atoms with E-state index < -0.39 is 17.6 Å². The number of nitrogens with one attached hydrogen (secondary N) is 2. The number of imide groups is 1. The first-order chi connectivity index (χ1) is 18.8. The van der Waals surface area contributed by atoms with Gasteiger partial charge in [0.1, 0.15) is 16.4 Å². The largest absolute Gasteiger partial charge is 0.350 e. The van der Waals surface area contributed by atoms with E-state index in [1.165, 1.54) is 24.3 Å². The van der Waals surface area contributed by atoms with Gasteiger partial charge in [-0.1, -0.05) is 59.3 Å². The number of hydrogen-bond acceptors (Lipinski definition) is 5. The minimum Gasteiger partial charge on any atom is -0.350 e. The molecule has 1 aliphatic rings. The van der Waals surface area contributed by atoms with Gasteiger partial charge in [0.25, 0.3) is 17.7 Å². The van der Waals surface area contributed by atoms with E-state index in [4.69, 9.17) is 11.6 Å². The fraction of sp³-hybridized carbons (Fsp3) is 0.0333. The van der Waals surface area contributed by atoms with Gasteiger partial charge in [-0.15, -0.1) is 0 Å². The summed E-state index contributed by atoms with van der Waals surface area (Å²) in [6.07, 6.45) is 0. The number of halogens is 2. The molecule has 4 aromatic carbocycles. The first-order valence-electron chi connectivity index (χ1n) is 11.9. The van der Waals surface area contributed by atoms with Crippen molar-refractivity contribution in [2.75, 3.05) is 15.5 Å². The third kappa shape index (κ3) is 5.72. The molecule has 0 unspecified atom stereocenters. The summed E-state index contributed by atoms with van der Waals surface area (Å²) in [6.45, 7) is 1.95. The molecule has 0 atom stereocenters. The van der Waals surface area contributed by atoms with Crippen LogP contribution in [0.2, 0.25) is 5.02 Å². The molecule has 1 heterocycles. The molecule has 9 heteroatoms. The highest BCUT2D eigenvalue weighted by Gasteiger charge is 2.40. The van der Waals surface area contributed by atoms with Crippen molar-refractivity contribution in [3.63, 3.8) is 0 Å². The van der Waals surface area contributed by atoms with E-state index in [2.05, 4.69) is 10.6 Å². The average Bonchev–Trinajstić information content (AvgIpc) is 3.15. The molecular formula is C30H21ClFN3O3S. The van der Waals surface area contributed by atoms with Crippen LogP contribution in [-0.2, 0) is 9.59 Å². The number of anilines is 3. The Morgan fingerprint density at radius 3 is 2.28 bits per heavy atom. The molecule has 2 N–H and O–H groups in total. The molecule has 1 aliphatic heterocycles. The summed E-state index contributed by atoms with van der Waals surface area (Å²) >= 11 is 7.24. The van der Waals surface area contributed by atoms with Gasteiger partial charge < -0.3 is 10.6 Å². The van der Waals surface area contributed by atoms with Crippen LogP contribution in [-0.4, -0.2) is 17.7 Å². The predicted octanol–water partition coefficient (Wildman–Crippen LogP) is 7.03. The molecule has 0 saturated heterocycles. The topological polar surface area (TPSA) is 78.5 Å². The molecule has 0 radical (unpaired) electrons. The second-order valence-electron chi connectivity index (χ2n) is 8.68. The number of rotatable bonds is 7. The number of thioether (sulfide) groups is 1. The third-order valence-electron chi connectivity index (χ3n) is 5.88. The van der Waals surface area contributed by atoms with Crippen LogP contribution in [0.15, 0.2) is 113 Å². The van der Waals surface area contributed by atoms with Crippen molar-refractivity contribution >= 4 is 58.1 Å². The van der Waals surface area contributed by atoms with E-state index in [0.717, 1.165) is 22.2 Å². The predicted molar refractivity (Wildman–Crippen MR) is 152 cm³/mol. The van der Waals surface area contributed by atoms with E-state index in [9.17, 15) is 18.8 Å². The number of nitrogens with zero attached hydrogens (tertiary/aromatic N) is 1. The molecule has 194 valence electrons. The molecule has 5 rings (SSSR count). The van der Waals surface area contributed by atoms with Gasteiger partial charge in [0.2, 0.25) is 0 Å². The maximum Gasteiger partial charge on any atom is 0.283 e. The highest BCUT2D eigenvalue weighted by molar-refractivity contribution is 8.04. The number of carbonyl (C=O) groups excluding carboxylic acids is 3. The molecule has 4 aromatic rings. The monoisotopic (exact) mass is 557 g/mol. The van der Waals surface area contributed by atoms with Crippen LogP contribution in [0.4, 0.5) is 21.5 Å². The molecule has 0 spiro atoms. The van der Waals surface area contributed by atoms with E-state index in [1.54, 1.807) is 48.5 Å². The molecule has 0 bridgehead atoms. The molecule has 3 amide bonds. The summed E-state index contributed by atoms with van der Waals surface area (Å²) in [5.41, 5.74) is 2.86. The van der Waals surface area contributed by atoms with Crippen molar-refractivity contribution in [2.24, 2.45) is 0 Å². The van der Waals surface area contributed by atoms with Crippen LogP contribution >= 0.6 is 23.4 Å². The Kier molecular flexibility index (Phi) is 7.49. The molecule has 0 fully saturated rings. The number of aryl methyl sites for hydroxylation is 1. The lowest BCUT2D eigenvalue weighted by Crippen LogP contribution is -2.32. The first-order valence-corrected chi connectivity index (χ1v) is 13.1. The lowest BCUT2D eigenvalue weighted by Gasteiger charge is -2.15. The van der Waals surface area contributed by atoms with Crippen molar-refractivity contribution in [3.8, 4) is 0 Å². The highest BCUT2D eigenvalue weighted by Crippen LogP contribution is 2.38. The summed E-state index contributed by atoms with van der Waals surface area (Å²) in [7, 11) is 0.